The van der Waals surface area contributed by atoms with Crippen LogP contribution in [0.5, 0.6) is 0 Å². The van der Waals surface area contributed by atoms with Gasteiger partial charge in [0, 0.05) is 6.61 Å². The molecule has 140 valence electrons. The van der Waals surface area contributed by atoms with Gasteiger partial charge in [0.25, 0.3) is 0 Å². The highest BCUT2D eigenvalue weighted by atomic mass is 16.6. The summed E-state index contributed by atoms with van der Waals surface area (Å²) in [7, 11) is 0. The minimum absolute atomic E-state index is 0.000224. The van der Waals surface area contributed by atoms with Gasteiger partial charge >= 0.3 is 0 Å². The van der Waals surface area contributed by atoms with Crippen LogP contribution in [0.25, 0.3) is 0 Å². The van der Waals surface area contributed by atoms with Crippen molar-refractivity contribution in [1.29, 1.82) is 0 Å². The largest absolute Gasteiger partial charge is 0.391 e. The summed E-state index contributed by atoms with van der Waals surface area (Å²) in [6.07, 6.45) is 10.2. The maximum Gasteiger partial charge on any atom is 0.0781 e. The highest BCUT2D eigenvalue weighted by Gasteiger charge is 2.08. The second-order valence-corrected chi connectivity index (χ2v) is 6.69. The predicted octanol–water partition coefficient (Wildman–Crippen LogP) is 4.33. The summed E-state index contributed by atoms with van der Waals surface area (Å²) in [5.74, 6) is 0. The monoisotopic (exact) mass is 332 g/mol. The predicted molar refractivity (Wildman–Crippen MR) is 95.9 cm³/mol. The summed E-state index contributed by atoms with van der Waals surface area (Å²) >= 11 is 0. The maximum absolute atomic E-state index is 9.15. The fourth-order valence-corrected chi connectivity index (χ4v) is 2.29. The molecule has 1 N–H and O–H groups in total. The van der Waals surface area contributed by atoms with Crippen LogP contribution in [0.4, 0.5) is 0 Å². The Morgan fingerprint density at radius 3 is 1.83 bits per heavy atom. The molecule has 23 heavy (non-hydrogen) atoms. The van der Waals surface area contributed by atoms with E-state index in [1.54, 1.807) is 6.92 Å². The van der Waals surface area contributed by atoms with Crippen LogP contribution in [0.1, 0.15) is 79.1 Å². The Morgan fingerprint density at radius 1 is 0.696 bits per heavy atom. The molecule has 0 aromatic heterocycles. The number of hydrogen-bond donors (Lipinski definition) is 1. The molecule has 0 rings (SSSR count). The van der Waals surface area contributed by atoms with Gasteiger partial charge in [0.2, 0.25) is 0 Å². The quantitative estimate of drug-likeness (QED) is 0.403. The molecule has 0 saturated carbocycles. The van der Waals surface area contributed by atoms with Crippen molar-refractivity contribution in [2.45, 2.75) is 97.4 Å². The second kappa shape index (κ2) is 16.7. The van der Waals surface area contributed by atoms with E-state index in [1.807, 2.05) is 13.8 Å². The van der Waals surface area contributed by atoms with Gasteiger partial charge in [-0.05, 0) is 27.2 Å². The molecule has 0 saturated heterocycles. The van der Waals surface area contributed by atoms with Crippen molar-refractivity contribution in [2.24, 2.45) is 0 Å². The van der Waals surface area contributed by atoms with Crippen molar-refractivity contribution in [3.8, 4) is 0 Å². The van der Waals surface area contributed by atoms with Crippen molar-refractivity contribution < 1.29 is 19.3 Å². The molecule has 4 nitrogen and oxygen atoms in total. The fourth-order valence-electron chi connectivity index (χ4n) is 2.29. The zero-order valence-electron chi connectivity index (χ0n) is 15.9. The SMILES string of the molecule is CCCCCCCCCCOCC(C)OCC(C)OCC(C)O. The number of aliphatic hydroxyl groups is 1. The van der Waals surface area contributed by atoms with E-state index in [9.17, 15) is 0 Å². The molecule has 0 amide bonds. The van der Waals surface area contributed by atoms with Crippen molar-refractivity contribution >= 4 is 0 Å². The third-order valence-electron chi connectivity index (χ3n) is 3.73. The molecular weight excluding hydrogens is 292 g/mol. The molecule has 0 spiro atoms. The van der Waals surface area contributed by atoms with Gasteiger partial charge in [0.1, 0.15) is 0 Å². The Bertz CT molecular complexity index is 233. The molecule has 3 atom stereocenters. The Hall–Kier alpha value is -0.160. The topological polar surface area (TPSA) is 47.9 Å². The van der Waals surface area contributed by atoms with Crippen molar-refractivity contribution in [3.05, 3.63) is 0 Å². The Labute approximate surface area is 143 Å². The summed E-state index contributed by atoms with van der Waals surface area (Å²) < 4.78 is 16.8. The van der Waals surface area contributed by atoms with Gasteiger partial charge in [-0.15, -0.1) is 0 Å². The standard InChI is InChI=1S/C19H40O4/c1-5-6-7-8-9-10-11-12-13-21-15-18(3)23-16-19(4)22-14-17(2)20/h17-20H,5-16H2,1-4H3. The average Bonchev–Trinajstić information content (AvgIpc) is 2.52. The molecule has 0 aromatic carbocycles. The maximum atomic E-state index is 9.15. The lowest BCUT2D eigenvalue weighted by Gasteiger charge is -2.18. The number of hydrogen-bond acceptors (Lipinski definition) is 4. The highest BCUT2D eigenvalue weighted by Crippen LogP contribution is 2.08. The van der Waals surface area contributed by atoms with E-state index < -0.39 is 6.10 Å². The summed E-state index contributed by atoms with van der Waals surface area (Å²) in [6.45, 7) is 10.3. The van der Waals surface area contributed by atoms with Crippen LogP contribution < -0.4 is 0 Å². The van der Waals surface area contributed by atoms with Gasteiger partial charge in [-0.3, -0.25) is 0 Å². The van der Waals surface area contributed by atoms with E-state index in [0.717, 1.165) is 13.0 Å². The van der Waals surface area contributed by atoms with Gasteiger partial charge in [0.15, 0.2) is 0 Å². The second-order valence-electron chi connectivity index (χ2n) is 6.69. The minimum atomic E-state index is -0.426. The van der Waals surface area contributed by atoms with Crippen LogP contribution >= 0.6 is 0 Å². The van der Waals surface area contributed by atoms with Crippen LogP contribution in [0.3, 0.4) is 0 Å². The van der Waals surface area contributed by atoms with Crippen LogP contribution in [0.2, 0.25) is 0 Å². The molecule has 0 aliphatic rings. The van der Waals surface area contributed by atoms with E-state index in [4.69, 9.17) is 19.3 Å². The minimum Gasteiger partial charge on any atom is -0.391 e. The van der Waals surface area contributed by atoms with Crippen LogP contribution in [-0.2, 0) is 14.2 Å². The molecule has 0 aliphatic carbocycles. The van der Waals surface area contributed by atoms with Crippen molar-refractivity contribution in [1.82, 2.24) is 0 Å². The Balaban J connectivity index is 3.28. The normalized spacial score (nSPS) is 15.5. The third-order valence-corrected chi connectivity index (χ3v) is 3.73. The summed E-state index contributed by atoms with van der Waals surface area (Å²) in [5, 5.41) is 9.15. The van der Waals surface area contributed by atoms with E-state index in [0.29, 0.717) is 19.8 Å². The zero-order chi connectivity index (χ0) is 17.3. The van der Waals surface area contributed by atoms with Gasteiger partial charge in [-0.2, -0.15) is 0 Å². The van der Waals surface area contributed by atoms with E-state index in [2.05, 4.69) is 6.92 Å². The van der Waals surface area contributed by atoms with E-state index in [-0.39, 0.29) is 12.2 Å². The first kappa shape index (κ1) is 22.8. The number of rotatable bonds is 17. The molecule has 0 radical (unpaired) electrons. The Morgan fingerprint density at radius 2 is 1.22 bits per heavy atom. The van der Waals surface area contributed by atoms with Gasteiger partial charge in [-0.1, -0.05) is 51.9 Å². The van der Waals surface area contributed by atoms with Crippen molar-refractivity contribution in [3.63, 3.8) is 0 Å². The molecular formula is C19H40O4. The van der Waals surface area contributed by atoms with Crippen LogP contribution in [0.15, 0.2) is 0 Å². The van der Waals surface area contributed by atoms with Crippen molar-refractivity contribution in [2.75, 3.05) is 26.4 Å². The summed E-state index contributed by atoms with van der Waals surface area (Å²) in [5.41, 5.74) is 0. The van der Waals surface area contributed by atoms with Gasteiger partial charge in [0.05, 0.1) is 38.1 Å². The third kappa shape index (κ3) is 18.0. The summed E-state index contributed by atoms with van der Waals surface area (Å²) in [6, 6.07) is 0. The lowest BCUT2D eigenvalue weighted by Crippen LogP contribution is -2.25. The lowest BCUT2D eigenvalue weighted by molar-refractivity contribution is -0.0701. The lowest BCUT2D eigenvalue weighted by atomic mass is 10.1. The highest BCUT2D eigenvalue weighted by molar-refractivity contribution is 4.54. The molecule has 0 heterocycles. The molecule has 0 aromatic rings. The molecule has 4 heteroatoms. The fraction of sp³-hybridized carbons (Fsp3) is 1.00. The Kier molecular flexibility index (Phi) is 16.6. The van der Waals surface area contributed by atoms with Crippen LogP contribution in [-0.4, -0.2) is 49.8 Å². The smallest absolute Gasteiger partial charge is 0.0781 e. The number of ether oxygens (including phenoxy) is 3. The first-order chi connectivity index (χ1) is 11.1. The molecule has 0 aliphatic heterocycles. The summed E-state index contributed by atoms with van der Waals surface area (Å²) in [4.78, 5) is 0. The molecule has 0 bridgehead atoms. The average molecular weight is 333 g/mol. The first-order valence-corrected chi connectivity index (χ1v) is 9.55. The van der Waals surface area contributed by atoms with Gasteiger partial charge in [-0.25, -0.2) is 0 Å². The van der Waals surface area contributed by atoms with Crippen LogP contribution in [0, 0.1) is 0 Å². The molecule has 0 fully saturated rings. The van der Waals surface area contributed by atoms with E-state index >= 15 is 0 Å². The number of unbranched alkanes of at least 4 members (excludes halogenated alkanes) is 7. The number of aliphatic hydroxyl groups excluding tert-OH is 1. The molecule has 3 unspecified atom stereocenters. The first-order valence-electron chi connectivity index (χ1n) is 9.55. The van der Waals surface area contributed by atoms with Gasteiger partial charge < -0.3 is 19.3 Å². The zero-order valence-corrected chi connectivity index (χ0v) is 15.9. The van der Waals surface area contributed by atoms with E-state index in [1.165, 1.54) is 44.9 Å².